The monoisotopic (exact) mass is 398 g/mol. The number of piperazine rings is 2. The number of fused-ring (bicyclic) bond motifs is 1. The van der Waals surface area contributed by atoms with Crippen molar-refractivity contribution in [2.45, 2.75) is 6.92 Å². The summed E-state index contributed by atoms with van der Waals surface area (Å²) in [5.74, 6) is -0.100. The van der Waals surface area contributed by atoms with Gasteiger partial charge in [0.2, 0.25) is 12.2 Å². The molecule has 0 radical (unpaired) electrons. The highest BCUT2D eigenvalue weighted by molar-refractivity contribution is 6.02. The second-order valence-corrected chi connectivity index (χ2v) is 7.40. The molecule has 4 heterocycles. The molecule has 0 saturated carbocycles. The zero-order valence-corrected chi connectivity index (χ0v) is 16.7. The highest BCUT2D eigenvalue weighted by Crippen LogP contribution is 2.18. The molecule has 29 heavy (non-hydrogen) atoms. The highest BCUT2D eigenvalue weighted by Gasteiger charge is 2.30. The zero-order chi connectivity index (χ0) is 20.4. The molecule has 3 amide bonds. The SMILES string of the molecule is CCN1CCN(C(=O)c2nc(C(=O)N3CCN(C=O)CC3)n3ccccc23)CC1. The average Bonchev–Trinajstić information content (AvgIpc) is 3.18. The highest BCUT2D eigenvalue weighted by atomic mass is 16.2. The molecule has 0 atom stereocenters. The summed E-state index contributed by atoms with van der Waals surface area (Å²) >= 11 is 0. The smallest absolute Gasteiger partial charge is 0.290 e. The lowest BCUT2D eigenvalue weighted by molar-refractivity contribution is -0.119. The summed E-state index contributed by atoms with van der Waals surface area (Å²) in [6.45, 7) is 8.05. The summed E-state index contributed by atoms with van der Waals surface area (Å²) in [5, 5.41) is 0. The van der Waals surface area contributed by atoms with E-state index in [0.717, 1.165) is 26.0 Å². The Hall–Kier alpha value is -2.94. The molecule has 2 aliphatic rings. The van der Waals surface area contributed by atoms with Crippen molar-refractivity contribution >= 4 is 23.7 Å². The lowest BCUT2D eigenvalue weighted by Crippen LogP contribution is -2.49. The van der Waals surface area contributed by atoms with Crippen LogP contribution in [0.15, 0.2) is 24.4 Å². The lowest BCUT2D eigenvalue weighted by Gasteiger charge is -2.33. The van der Waals surface area contributed by atoms with E-state index in [0.29, 0.717) is 50.5 Å². The number of carbonyl (C=O) groups excluding carboxylic acids is 3. The van der Waals surface area contributed by atoms with Crippen molar-refractivity contribution in [3.8, 4) is 0 Å². The first kappa shape index (κ1) is 19.4. The first-order valence-electron chi connectivity index (χ1n) is 10.1. The van der Waals surface area contributed by atoms with Gasteiger partial charge in [-0.1, -0.05) is 13.0 Å². The third-order valence-corrected chi connectivity index (χ3v) is 5.80. The summed E-state index contributed by atoms with van der Waals surface area (Å²) in [4.78, 5) is 49.2. The molecular formula is C20H26N6O3. The van der Waals surface area contributed by atoms with Crippen LogP contribution < -0.4 is 0 Å². The van der Waals surface area contributed by atoms with E-state index in [-0.39, 0.29) is 17.6 Å². The molecule has 2 saturated heterocycles. The van der Waals surface area contributed by atoms with Crippen molar-refractivity contribution in [2.75, 3.05) is 58.9 Å². The Kier molecular flexibility index (Phi) is 5.48. The van der Waals surface area contributed by atoms with Gasteiger partial charge in [0.15, 0.2) is 5.69 Å². The number of nitrogens with zero attached hydrogens (tertiary/aromatic N) is 6. The minimum absolute atomic E-state index is 0.130. The number of pyridine rings is 1. The third kappa shape index (κ3) is 3.69. The van der Waals surface area contributed by atoms with Gasteiger partial charge in [0.1, 0.15) is 0 Å². The van der Waals surface area contributed by atoms with Gasteiger partial charge < -0.3 is 19.6 Å². The zero-order valence-electron chi connectivity index (χ0n) is 16.7. The maximum atomic E-state index is 13.2. The summed E-state index contributed by atoms with van der Waals surface area (Å²) < 4.78 is 1.70. The molecule has 9 heteroatoms. The van der Waals surface area contributed by atoms with Gasteiger partial charge in [0, 0.05) is 58.6 Å². The Morgan fingerprint density at radius 3 is 2.28 bits per heavy atom. The average molecular weight is 398 g/mol. The summed E-state index contributed by atoms with van der Waals surface area (Å²) in [6, 6.07) is 5.49. The van der Waals surface area contributed by atoms with Gasteiger partial charge in [-0.05, 0) is 18.7 Å². The number of hydrogen-bond donors (Lipinski definition) is 0. The van der Waals surface area contributed by atoms with Crippen LogP contribution in [0.25, 0.3) is 5.52 Å². The minimum atomic E-state index is -0.216. The maximum Gasteiger partial charge on any atom is 0.290 e. The summed E-state index contributed by atoms with van der Waals surface area (Å²) in [7, 11) is 0. The van der Waals surface area contributed by atoms with Crippen LogP contribution in [0.1, 0.15) is 28.0 Å². The first-order valence-corrected chi connectivity index (χ1v) is 10.1. The molecule has 0 spiro atoms. The molecule has 2 aromatic rings. The van der Waals surface area contributed by atoms with E-state index in [4.69, 9.17) is 0 Å². The normalized spacial score (nSPS) is 18.3. The molecule has 4 rings (SSSR count). The van der Waals surface area contributed by atoms with Gasteiger partial charge in [0.05, 0.1) is 5.52 Å². The van der Waals surface area contributed by atoms with Crippen molar-refractivity contribution < 1.29 is 14.4 Å². The van der Waals surface area contributed by atoms with Crippen molar-refractivity contribution in [3.05, 3.63) is 35.9 Å². The predicted octanol–water partition coefficient (Wildman–Crippen LogP) is 0.0262. The number of imidazole rings is 1. The fourth-order valence-corrected chi connectivity index (χ4v) is 3.93. The van der Waals surface area contributed by atoms with Crippen molar-refractivity contribution in [2.24, 2.45) is 0 Å². The standard InChI is InChI=1S/C20H26N6O3/c1-2-22-7-11-24(12-8-22)19(28)17-16-5-3-4-6-26(16)18(21-17)20(29)25-13-9-23(15-27)10-14-25/h3-6,15H,2,7-14H2,1H3. The molecule has 9 nitrogen and oxygen atoms in total. The van der Waals surface area contributed by atoms with Crippen LogP contribution in [0.2, 0.25) is 0 Å². The molecule has 0 aromatic carbocycles. The molecule has 2 aromatic heterocycles. The number of carbonyl (C=O) groups is 3. The maximum absolute atomic E-state index is 13.2. The van der Waals surface area contributed by atoms with E-state index < -0.39 is 0 Å². The summed E-state index contributed by atoms with van der Waals surface area (Å²) in [6.07, 6.45) is 2.57. The number of amides is 3. The largest absolute Gasteiger partial charge is 0.342 e. The quantitative estimate of drug-likeness (QED) is 0.679. The molecule has 0 N–H and O–H groups in total. The van der Waals surface area contributed by atoms with E-state index >= 15 is 0 Å². The van der Waals surface area contributed by atoms with E-state index in [1.807, 2.05) is 23.1 Å². The Balaban J connectivity index is 1.59. The van der Waals surface area contributed by atoms with Crippen molar-refractivity contribution in [1.82, 2.24) is 29.0 Å². The van der Waals surface area contributed by atoms with E-state index in [9.17, 15) is 14.4 Å². The summed E-state index contributed by atoms with van der Waals surface area (Å²) in [5.41, 5.74) is 0.968. The van der Waals surface area contributed by atoms with Gasteiger partial charge in [-0.3, -0.25) is 18.8 Å². The first-order chi connectivity index (χ1) is 14.1. The predicted molar refractivity (Wildman–Crippen MR) is 107 cm³/mol. The Morgan fingerprint density at radius 1 is 0.966 bits per heavy atom. The van der Waals surface area contributed by atoms with E-state index in [1.165, 1.54) is 0 Å². The number of aromatic nitrogens is 2. The molecule has 0 bridgehead atoms. The van der Waals surface area contributed by atoms with Crippen LogP contribution in [0.4, 0.5) is 0 Å². The van der Waals surface area contributed by atoms with Crippen molar-refractivity contribution in [3.63, 3.8) is 0 Å². The minimum Gasteiger partial charge on any atom is -0.342 e. The molecule has 154 valence electrons. The molecular weight excluding hydrogens is 372 g/mol. The lowest BCUT2D eigenvalue weighted by atomic mass is 10.2. The third-order valence-electron chi connectivity index (χ3n) is 5.80. The second kappa shape index (κ2) is 8.20. The number of likely N-dealkylation sites (N-methyl/N-ethyl adjacent to an activating group) is 1. The second-order valence-electron chi connectivity index (χ2n) is 7.40. The Bertz CT molecular complexity index is 910. The Labute approximate surface area is 169 Å². The van der Waals surface area contributed by atoms with E-state index in [2.05, 4.69) is 16.8 Å². The number of rotatable bonds is 4. The van der Waals surface area contributed by atoms with Crippen LogP contribution in [0.3, 0.4) is 0 Å². The van der Waals surface area contributed by atoms with Crippen LogP contribution in [0.5, 0.6) is 0 Å². The van der Waals surface area contributed by atoms with Crippen LogP contribution >= 0.6 is 0 Å². The van der Waals surface area contributed by atoms with Gasteiger partial charge in [-0.2, -0.15) is 0 Å². The molecule has 0 unspecified atom stereocenters. The fraction of sp³-hybridized carbons (Fsp3) is 0.500. The van der Waals surface area contributed by atoms with Gasteiger partial charge >= 0.3 is 0 Å². The van der Waals surface area contributed by atoms with Crippen LogP contribution in [0, 0.1) is 0 Å². The number of hydrogen-bond acceptors (Lipinski definition) is 5. The fourth-order valence-electron chi connectivity index (χ4n) is 3.93. The molecule has 2 aliphatic heterocycles. The van der Waals surface area contributed by atoms with Gasteiger partial charge in [0.25, 0.3) is 11.8 Å². The van der Waals surface area contributed by atoms with Gasteiger partial charge in [-0.25, -0.2) is 4.98 Å². The van der Waals surface area contributed by atoms with Crippen LogP contribution in [-0.2, 0) is 4.79 Å². The Morgan fingerprint density at radius 2 is 1.62 bits per heavy atom. The van der Waals surface area contributed by atoms with Crippen LogP contribution in [-0.4, -0.2) is 106 Å². The molecule has 2 fully saturated rings. The molecule has 0 aliphatic carbocycles. The van der Waals surface area contributed by atoms with Crippen molar-refractivity contribution in [1.29, 1.82) is 0 Å². The topological polar surface area (TPSA) is 81.5 Å². The van der Waals surface area contributed by atoms with Gasteiger partial charge in [-0.15, -0.1) is 0 Å². The van der Waals surface area contributed by atoms with E-state index in [1.54, 1.807) is 20.4 Å².